The molecule has 96 valence electrons. The average Bonchev–Trinajstić information content (AvgIpc) is 2.27. The lowest BCUT2D eigenvalue weighted by molar-refractivity contribution is -0.109. The van der Waals surface area contributed by atoms with E-state index in [9.17, 15) is 0 Å². The van der Waals surface area contributed by atoms with Crippen molar-refractivity contribution >= 4 is 28.9 Å². The summed E-state index contributed by atoms with van der Waals surface area (Å²) in [6.07, 6.45) is -0.342. The van der Waals surface area contributed by atoms with Crippen LogP contribution >= 0.6 is 23.2 Å². The summed E-state index contributed by atoms with van der Waals surface area (Å²) in [5.41, 5.74) is 1.72. The smallest absolute Gasteiger partial charge is 0.176 e. The molecule has 0 heterocycles. The van der Waals surface area contributed by atoms with Gasteiger partial charge in [0, 0.05) is 19.2 Å². The zero-order valence-corrected chi connectivity index (χ0v) is 11.9. The SMILES string of the molecule is COC(OC)C(C)Nc1cc(Cl)c(C)cc1Cl. The molecular formula is C12H17Cl2NO2. The second-order valence-corrected chi connectivity index (χ2v) is 4.67. The van der Waals surface area contributed by atoms with Crippen molar-refractivity contribution in [2.24, 2.45) is 0 Å². The minimum absolute atomic E-state index is 0.0405. The number of benzene rings is 1. The van der Waals surface area contributed by atoms with Crippen LogP contribution in [0, 0.1) is 6.92 Å². The Balaban J connectivity index is 2.84. The van der Waals surface area contributed by atoms with E-state index >= 15 is 0 Å². The summed E-state index contributed by atoms with van der Waals surface area (Å²) in [5, 5.41) is 4.52. The molecule has 1 atom stereocenters. The summed E-state index contributed by atoms with van der Waals surface area (Å²) in [6, 6.07) is 3.59. The summed E-state index contributed by atoms with van der Waals surface area (Å²) in [4.78, 5) is 0. The van der Waals surface area contributed by atoms with Crippen molar-refractivity contribution < 1.29 is 9.47 Å². The van der Waals surface area contributed by atoms with Gasteiger partial charge in [0.25, 0.3) is 0 Å². The highest BCUT2D eigenvalue weighted by molar-refractivity contribution is 6.35. The van der Waals surface area contributed by atoms with Gasteiger partial charge in [-0.2, -0.15) is 0 Å². The topological polar surface area (TPSA) is 30.5 Å². The van der Waals surface area contributed by atoms with Gasteiger partial charge in [-0.15, -0.1) is 0 Å². The maximum atomic E-state index is 6.13. The van der Waals surface area contributed by atoms with Crippen molar-refractivity contribution in [3.05, 3.63) is 27.7 Å². The van der Waals surface area contributed by atoms with E-state index in [1.807, 2.05) is 19.9 Å². The fourth-order valence-electron chi connectivity index (χ4n) is 1.57. The number of anilines is 1. The number of ether oxygens (including phenoxy) is 2. The van der Waals surface area contributed by atoms with Crippen LogP contribution in [0.15, 0.2) is 12.1 Å². The lowest BCUT2D eigenvalue weighted by atomic mass is 10.2. The van der Waals surface area contributed by atoms with Gasteiger partial charge in [-0.3, -0.25) is 0 Å². The number of aryl methyl sites for hydroxylation is 1. The first-order valence-corrected chi connectivity index (χ1v) is 6.03. The fourth-order valence-corrected chi connectivity index (χ4v) is 2.01. The molecular weight excluding hydrogens is 261 g/mol. The summed E-state index contributed by atoms with van der Waals surface area (Å²) in [7, 11) is 3.19. The number of rotatable bonds is 5. The maximum absolute atomic E-state index is 6.13. The van der Waals surface area contributed by atoms with Crippen LogP contribution in [0.3, 0.4) is 0 Å². The van der Waals surface area contributed by atoms with Gasteiger partial charge in [0.1, 0.15) is 0 Å². The molecule has 0 amide bonds. The Kier molecular flexibility index (Phi) is 5.53. The highest BCUT2D eigenvalue weighted by Gasteiger charge is 2.17. The Hall–Kier alpha value is -0.480. The standard InChI is InChI=1S/C12H17Cl2NO2/c1-7-5-10(14)11(6-9(7)13)15-8(2)12(16-3)17-4/h5-6,8,12,15H,1-4H3. The Morgan fingerprint density at radius 3 is 2.24 bits per heavy atom. The normalized spacial score (nSPS) is 12.9. The molecule has 0 aliphatic carbocycles. The minimum Gasteiger partial charge on any atom is -0.376 e. The van der Waals surface area contributed by atoms with E-state index in [0.717, 1.165) is 11.3 Å². The third kappa shape index (κ3) is 3.75. The number of hydrogen-bond acceptors (Lipinski definition) is 3. The van der Waals surface area contributed by atoms with Gasteiger partial charge in [0.15, 0.2) is 6.29 Å². The van der Waals surface area contributed by atoms with Gasteiger partial charge in [-0.25, -0.2) is 0 Å². The minimum atomic E-state index is -0.342. The van der Waals surface area contributed by atoms with Gasteiger partial charge in [0.05, 0.1) is 16.8 Å². The highest BCUT2D eigenvalue weighted by Crippen LogP contribution is 2.29. The summed E-state index contributed by atoms with van der Waals surface area (Å²) in [6.45, 7) is 3.86. The molecule has 3 nitrogen and oxygen atoms in total. The van der Waals surface area contributed by atoms with E-state index < -0.39 is 0 Å². The number of nitrogens with one attached hydrogen (secondary N) is 1. The second kappa shape index (κ2) is 6.45. The first kappa shape index (κ1) is 14.6. The van der Waals surface area contributed by atoms with Crippen molar-refractivity contribution in [3.63, 3.8) is 0 Å². The summed E-state index contributed by atoms with van der Waals surface area (Å²) in [5.74, 6) is 0. The van der Waals surface area contributed by atoms with Gasteiger partial charge in [-0.05, 0) is 31.5 Å². The monoisotopic (exact) mass is 277 g/mol. The molecule has 0 bridgehead atoms. The molecule has 5 heteroatoms. The summed E-state index contributed by atoms with van der Waals surface area (Å²) >= 11 is 12.2. The Morgan fingerprint density at radius 2 is 1.71 bits per heavy atom. The predicted molar refractivity (Wildman–Crippen MR) is 72.1 cm³/mol. The van der Waals surface area contributed by atoms with Crippen LogP contribution in [-0.2, 0) is 9.47 Å². The van der Waals surface area contributed by atoms with Crippen molar-refractivity contribution in [1.82, 2.24) is 0 Å². The lowest BCUT2D eigenvalue weighted by Crippen LogP contribution is -2.33. The third-order valence-electron chi connectivity index (χ3n) is 2.50. The van der Waals surface area contributed by atoms with E-state index in [0.29, 0.717) is 10.0 Å². The van der Waals surface area contributed by atoms with Gasteiger partial charge in [-0.1, -0.05) is 23.2 Å². The molecule has 1 aromatic rings. The highest BCUT2D eigenvalue weighted by atomic mass is 35.5. The van der Waals surface area contributed by atoms with Gasteiger partial charge < -0.3 is 14.8 Å². The third-order valence-corrected chi connectivity index (χ3v) is 3.22. The van der Waals surface area contributed by atoms with Crippen LogP contribution in [-0.4, -0.2) is 26.6 Å². The number of hydrogen-bond donors (Lipinski definition) is 1. The molecule has 1 rings (SSSR count). The lowest BCUT2D eigenvalue weighted by Gasteiger charge is -2.23. The second-order valence-electron chi connectivity index (χ2n) is 3.85. The zero-order chi connectivity index (χ0) is 13.0. The molecule has 0 radical (unpaired) electrons. The van der Waals surface area contributed by atoms with Crippen LogP contribution in [0.1, 0.15) is 12.5 Å². The van der Waals surface area contributed by atoms with Crippen molar-refractivity contribution in [2.45, 2.75) is 26.2 Å². The van der Waals surface area contributed by atoms with Crippen LogP contribution in [0.2, 0.25) is 10.0 Å². The quantitative estimate of drug-likeness (QED) is 0.833. The largest absolute Gasteiger partial charge is 0.376 e. The first-order valence-electron chi connectivity index (χ1n) is 5.27. The molecule has 0 aliphatic heterocycles. The first-order chi connectivity index (χ1) is 7.99. The van der Waals surface area contributed by atoms with Crippen molar-refractivity contribution in [3.8, 4) is 0 Å². The zero-order valence-electron chi connectivity index (χ0n) is 10.4. The van der Waals surface area contributed by atoms with E-state index in [1.165, 1.54) is 0 Å². The van der Waals surface area contributed by atoms with E-state index in [2.05, 4.69) is 5.32 Å². The molecule has 17 heavy (non-hydrogen) atoms. The molecule has 1 N–H and O–H groups in total. The van der Waals surface area contributed by atoms with Crippen molar-refractivity contribution in [2.75, 3.05) is 19.5 Å². The fraction of sp³-hybridized carbons (Fsp3) is 0.500. The Bertz CT molecular complexity index is 381. The van der Waals surface area contributed by atoms with Gasteiger partial charge in [0.2, 0.25) is 0 Å². The Labute approximate surface area is 112 Å². The van der Waals surface area contributed by atoms with Crippen molar-refractivity contribution in [1.29, 1.82) is 0 Å². The molecule has 1 aromatic carbocycles. The molecule has 0 saturated heterocycles. The van der Waals surface area contributed by atoms with Crippen LogP contribution in [0.5, 0.6) is 0 Å². The molecule has 1 unspecified atom stereocenters. The number of halogens is 2. The van der Waals surface area contributed by atoms with Gasteiger partial charge >= 0.3 is 0 Å². The summed E-state index contributed by atoms with van der Waals surface area (Å²) < 4.78 is 10.3. The Morgan fingerprint density at radius 1 is 1.12 bits per heavy atom. The maximum Gasteiger partial charge on any atom is 0.176 e. The van der Waals surface area contributed by atoms with Crippen LogP contribution in [0.25, 0.3) is 0 Å². The number of methoxy groups -OCH3 is 2. The van der Waals surface area contributed by atoms with E-state index in [1.54, 1.807) is 20.3 Å². The van der Waals surface area contributed by atoms with E-state index in [-0.39, 0.29) is 12.3 Å². The molecule has 0 aromatic heterocycles. The molecule has 0 spiro atoms. The average molecular weight is 278 g/mol. The predicted octanol–water partition coefficient (Wildman–Crippen LogP) is 3.72. The molecule has 0 saturated carbocycles. The van der Waals surface area contributed by atoms with E-state index in [4.69, 9.17) is 32.7 Å². The molecule has 0 aliphatic rings. The van der Waals surface area contributed by atoms with Crippen LogP contribution < -0.4 is 5.32 Å². The van der Waals surface area contributed by atoms with Crippen LogP contribution in [0.4, 0.5) is 5.69 Å². The molecule has 0 fully saturated rings.